The summed E-state index contributed by atoms with van der Waals surface area (Å²) < 4.78 is 0. The number of carboxylic acids is 1. The molecule has 2 N–H and O–H groups in total. The molecule has 2 aromatic carbocycles. The van der Waals surface area contributed by atoms with Gasteiger partial charge in [-0.15, -0.1) is 0 Å². The number of aliphatic carboxylic acids is 1. The fraction of sp³-hybridized carbons (Fsp3) is 0.182. The van der Waals surface area contributed by atoms with Crippen molar-refractivity contribution in [3.05, 3.63) is 88.2 Å². The second-order valence-corrected chi connectivity index (χ2v) is 8.03. The summed E-state index contributed by atoms with van der Waals surface area (Å²) in [6.45, 7) is 2.02. The van der Waals surface area contributed by atoms with Gasteiger partial charge in [-0.2, -0.15) is 0 Å². The number of benzene rings is 2. The van der Waals surface area contributed by atoms with Gasteiger partial charge in [0.1, 0.15) is 6.04 Å². The minimum atomic E-state index is -1.13. The Labute approximate surface area is 183 Å². The second kappa shape index (κ2) is 10.2. The molecule has 3 aromatic rings. The van der Waals surface area contributed by atoms with Gasteiger partial charge >= 0.3 is 5.97 Å². The number of rotatable bonds is 8. The van der Waals surface area contributed by atoms with Crippen molar-refractivity contribution in [1.29, 1.82) is 0 Å². The first-order valence-electron chi connectivity index (χ1n) is 9.21. The number of thioether (sulfide) groups is 1. The topological polar surface area (TPSA) is 92.2 Å². The van der Waals surface area contributed by atoms with Crippen molar-refractivity contribution < 1.29 is 14.7 Å². The largest absolute Gasteiger partial charge is 0.480 e. The van der Waals surface area contributed by atoms with Crippen LogP contribution in [0.5, 0.6) is 0 Å². The highest BCUT2D eigenvalue weighted by Crippen LogP contribution is 2.22. The lowest BCUT2D eigenvalue weighted by Crippen LogP contribution is -2.42. The van der Waals surface area contributed by atoms with E-state index in [-0.39, 0.29) is 17.1 Å². The number of hydrogen-bond donors (Lipinski definition) is 2. The molecule has 0 aliphatic heterocycles. The lowest BCUT2D eigenvalue weighted by molar-refractivity contribution is -0.139. The van der Waals surface area contributed by atoms with Crippen LogP contribution in [0.3, 0.4) is 0 Å². The summed E-state index contributed by atoms with van der Waals surface area (Å²) in [5.74, 6) is -1.15. The van der Waals surface area contributed by atoms with Gasteiger partial charge in [0, 0.05) is 12.2 Å². The van der Waals surface area contributed by atoms with E-state index in [9.17, 15) is 14.7 Å². The van der Waals surface area contributed by atoms with E-state index in [0.717, 1.165) is 11.1 Å². The van der Waals surface area contributed by atoms with Crippen LogP contribution in [0.1, 0.15) is 27.2 Å². The maximum absolute atomic E-state index is 12.7. The van der Waals surface area contributed by atoms with E-state index in [1.54, 1.807) is 12.1 Å². The highest BCUT2D eigenvalue weighted by atomic mass is 35.5. The summed E-state index contributed by atoms with van der Waals surface area (Å²) in [6.07, 6.45) is 1.51. The van der Waals surface area contributed by atoms with Crippen LogP contribution < -0.4 is 5.32 Å². The normalized spacial score (nSPS) is 11.7. The Morgan fingerprint density at radius 2 is 1.80 bits per heavy atom. The molecule has 0 spiro atoms. The molecule has 1 atom stereocenters. The third-order valence-electron chi connectivity index (χ3n) is 4.31. The van der Waals surface area contributed by atoms with Gasteiger partial charge < -0.3 is 10.4 Å². The molecule has 3 rings (SSSR count). The molecule has 30 heavy (non-hydrogen) atoms. The van der Waals surface area contributed by atoms with Crippen molar-refractivity contribution >= 4 is 35.2 Å². The number of nitrogens with zero attached hydrogens (tertiary/aromatic N) is 2. The minimum Gasteiger partial charge on any atom is -0.480 e. The third-order valence-corrected chi connectivity index (χ3v) is 5.52. The van der Waals surface area contributed by atoms with Gasteiger partial charge in [0.15, 0.2) is 10.9 Å². The average Bonchev–Trinajstić information content (AvgIpc) is 2.74. The summed E-state index contributed by atoms with van der Waals surface area (Å²) in [5.41, 5.74) is 3.03. The molecule has 8 heteroatoms. The number of nitrogens with one attached hydrogen (secondary N) is 1. The molecule has 0 saturated heterocycles. The summed E-state index contributed by atoms with van der Waals surface area (Å²) in [4.78, 5) is 32.7. The Bertz CT molecular complexity index is 1030. The molecule has 0 aliphatic carbocycles. The Balaban J connectivity index is 1.70. The van der Waals surface area contributed by atoms with Gasteiger partial charge in [0.2, 0.25) is 0 Å². The van der Waals surface area contributed by atoms with Gasteiger partial charge in [-0.3, -0.25) is 4.79 Å². The predicted molar refractivity (Wildman–Crippen MR) is 117 cm³/mol. The van der Waals surface area contributed by atoms with E-state index in [4.69, 9.17) is 11.6 Å². The molecule has 6 nitrogen and oxygen atoms in total. The van der Waals surface area contributed by atoms with Gasteiger partial charge in [-0.1, -0.05) is 83.5 Å². The van der Waals surface area contributed by atoms with Crippen molar-refractivity contribution in [3.63, 3.8) is 0 Å². The first kappa shape index (κ1) is 21.8. The fourth-order valence-electron chi connectivity index (χ4n) is 2.69. The zero-order chi connectivity index (χ0) is 21.5. The summed E-state index contributed by atoms with van der Waals surface area (Å²) >= 11 is 7.48. The maximum atomic E-state index is 12.7. The van der Waals surface area contributed by atoms with Crippen LogP contribution in [0.25, 0.3) is 0 Å². The number of carboxylic acid groups (broad SMARTS) is 1. The van der Waals surface area contributed by atoms with E-state index in [1.807, 2.05) is 49.4 Å². The lowest BCUT2D eigenvalue weighted by atomic mass is 10.1. The average molecular weight is 442 g/mol. The standard InChI is InChI=1S/C22H20ClN3O3S/c1-14-7-9-16(10-8-14)13-30-22-24-12-17(23)19(26-22)20(27)25-18(21(28)29)11-15-5-3-2-4-6-15/h2-10,12,18H,11,13H2,1H3,(H,25,27)(H,28,29). The molecular weight excluding hydrogens is 422 g/mol. The van der Waals surface area contributed by atoms with Crippen molar-refractivity contribution in [1.82, 2.24) is 15.3 Å². The van der Waals surface area contributed by atoms with E-state index < -0.39 is 17.9 Å². The monoisotopic (exact) mass is 441 g/mol. The van der Waals surface area contributed by atoms with Crippen molar-refractivity contribution in [2.24, 2.45) is 0 Å². The fourth-order valence-corrected chi connectivity index (χ4v) is 3.64. The molecule has 1 unspecified atom stereocenters. The zero-order valence-electron chi connectivity index (χ0n) is 16.2. The van der Waals surface area contributed by atoms with Crippen LogP contribution in [-0.4, -0.2) is 33.0 Å². The van der Waals surface area contributed by atoms with Crippen molar-refractivity contribution in [3.8, 4) is 0 Å². The first-order chi connectivity index (χ1) is 14.4. The molecular formula is C22H20ClN3O3S. The Morgan fingerprint density at radius 1 is 1.10 bits per heavy atom. The van der Waals surface area contributed by atoms with Crippen LogP contribution in [0.4, 0.5) is 0 Å². The summed E-state index contributed by atoms with van der Waals surface area (Å²) in [6, 6.07) is 16.1. The number of aryl methyl sites for hydroxylation is 1. The molecule has 1 aromatic heterocycles. The summed E-state index contributed by atoms with van der Waals surface area (Å²) in [7, 11) is 0. The molecule has 154 valence electrons. The van der Waals surface area contributed by atoms with E-state index >= 15 is 0 Å². The van der Waals surface area contributed by atoms with Crippen LogP contribution in [0, 0.1) is 6.92 Å². The van der Waals surface area contributed by atoms with Crippen LogP contribution >= 0.6 is 23.4 Å². The number of carbonyl (C=O) groups is 2. The van der Waals surface area contributed by atoms with Crippen LogP contribution in [-0.2, 0) is 17.0 Å². The van der Waals surface area contributed by atoms with Gasteiger partial charge in [-0.05, 0) is 18.1 Å². The van der Waals surface area contributed by atoms with E-state index in [2.05, 4.69) is 15.3 Å². The van der Waals surface area contributed by atoms with Crippen LogP contribution in [0.15, 0.2) is 66.0 Å². The van der Waals surface area contributed by atoms with Crippen molar-refractivity contribution in [2.75, 3.05) is 0 Å². The molecule has 0 fully saturated rings. The zero-order valence-corrected chi connectivity index (χ0v) is 17.8. The molecule has 0 radical (unpaired) electrons. The molecule has 0 saturated carbocycles. The number of amides is 1. The molecule has 0 bridgehead atoms. The van der Waals surface area contributed by atoms with E-state index in [0.29, 0.717) is 10.9 Å². The quantitative estimate of drug-likeness (QED) is 0.403. The second-order valence-electron chi connectivity index (χ2n) is 6.68. The van der Waals surface area contributed by atoms with Crippen molar-refractivity contribution in [2.45, 2.75) is 30.3 Å². The molecule has 1 amide bonds. The van der Waals surface area contributed by atoms with Crippen LogP contribution in [0.2, 0.25) is 5.02 Å². The van der Waals surface area contributed by atoms with E-state index in [1.165, 1.54) is 23.5 Å². The van der Waals surface area contributed by atoms with Gasteiger partial charge in [-0.25, -0.2) is 14.8 Å². The number of aromatic nitrogens is 2. The van der Waals surface area contributed by atoms with Gasteiger partial charge in [0.25, 0.3) is 5.91 Å². The third kappa shape index (κ3) is 6.05. The highest BCUT2D eigenvalue weighted by Gasteiger charge is 2.23. The first-order valence-corrected chi connectivity index (χ1v) is 10.6. The summed E-state index contributed by atoms with van der Waals surface area (Å²) in [5, 5.41) is 12.5. The predicted octanol–water partition coefficient (Wildman–Crippen LogP) is 4.16. The van der Waals surface area contributed by atoms with Gasteiger partial charge in [0.05, 0.1) is 11.2 Å². The Hall–Kier alpha value is -2.90. The molecule has 0 aliphatic rings. The Morgan fingerprint density at radius 3 is 2.47 bits per heavy atom. The lowest BCUT2D eigenvalue weighted by Gasteiger charge is -2.15. The number of hydrogen-bond acceptors (Lipinski definition) is 5. The highest BCUT2D eigenvalue weighted by molar-refractivity contribution is 7.98. The minimum absolute atomic E-state index is 0.0441. The Kier molecular flexibility index (Phi) is 7.43. The smallest absolute Gasteiger partial charge is 0.326 e. The SMILES string of the molecule is Cc1ccc(CSc2ncc(Cl)c(C(=O)NC(Cc3ccccc3)C(=O)O)n2)cc1. The molecule has 1 heterocycles. The maximum Gasteiger partial charge on any atom is 0.326 e. The number of carbonyl (C=O) groups excluding carboxylic acids is 1. The number of halogens is 1.